The van der Waals surface area contributed by atoms with E-state index in [2.05, 4.69) is 21.1 Å². The predicted octanol–water partition coefficient (Wildman–Crippen LogP) is 1.59. The van der Waals surface area contributed by atoms with Crippen LogP contribution in [0.3, 0.4) is 0 Å². The Bertz CT molecular complexity index is 426. The van der Waals surface area contributed by atoms with Crippen molar-refractivity contribution in [2.75, 3.05) is 33.5 Å². The van der Waals surface area contributed by atoms with Gasteiger partial charge >= 0.3 is 0 Å². The van der Waals surface area contributed by atoms with Gasteiger partial charge in [-0.25, -0.2) is 0 Å². The Morgan fingerprint density at radius 3 is 2.74 bits per heavy atom. The van der Waals surface area contributed by atoms with Gasteiger partial charge in [-0.1, -0.05) is 21.1 Å². The molecule has 0 bridgehead atoms. The minimum atomic E-state index is -0.00315. The first-order chi connectivity index (χ1) is 9.19. The molecule has 0 atom stereocenters. The Hall–Kier alpha value is -1.31. The van der Waals surface area contributed by atoms with Crippen molar-refractivity contribution in [3.63, 3.8) is 0 Å². The molecule has 0 radical (unpaired) electrons. The number of halogens is 1. The minimum Gasteiger partial charge on any atom is -0.490 e. The highest BCUT2D eigenvalue weighted by Gasteiger charge is 2.09. The van der Waals surface area contributed by atoms with Crippen molar-refractivity contribution in [1.82, 2.24) is 0 Å². The lowest BCUT2D eigenvalue weighted by Crippen LogP contribution is -2.16. The molecule has 0 saturated heterocycles. The van der Waals surface area contributed by atoms with Crippen LogP contribution in [0.4, 0.5) is 0 Å². The largest absolute Gasteiger partial charge is 0.490 e. The van der Waals surface area contributed by atoms with E-state index in [1.165, 1.54) is 0 Å². The summed E-state index contributed by atoms with van der Waals surface area (Å²) in [7, 11) is 1.62. The fourth-order valence-electron chi connectivity index (χ4n) is 1.34. The van der Waals surface area contributed by atoms with E-state index in [0.29, 0.717) is 37.7 Å². The maximum Gasteiger partial charge on any atom is 0.173 e. The van der Waals surface area contributed by atoms with Crippen LogP contribution in [-0.2, 0) is 9.47 Å². The van der Waals surface area contributed by atoms with Crippen LogP contribution in [-0.4, -0.2) is 44.6 Å². The fourth-order valence-corrected chi connectivity index (χ4v) is 1.70. The molecule has 0 aliphatic carbocycles. The standard InChI is InChI=1S/C12H17BrN2O4/c1-17-4-5-18-6-7-19-11-3-2-9(13)8-10(11)12(14)15-16/h2-3,8,16H,4-7H2,1H3,(H2,14,15). The van der Waals surface area contributed by atoms with E-state index in [1.807, 2.05) is 6.07 Å². The average molecular weight is 333 g/mol. The van der Waals surface area contributed by atoms with E-state index >= 15 is 0 Å². The number of hydrogen-bond acceptors (Lipinski definition) is 5. The summed E-state index contributed by atoms with van der Waals surface area (Å²) >= 11 is 3.32. The molecule has 0 aromatic heterocycles. The van der Waals surface area contributed by atoms with Crippen LogP contribution in [0, 0.1) is 0 Å². The van der Waals surface area contributed by atoms with Crippen molar-refractivity contribution < 1.29 is 19.4 Å². The molecule has 19 heavy (non-hydrogen) atoms. The van der Waals surface area contributed by atoms with E-state index in [0.717, 1.165) is 4.47 Å². The van der Waals surface area contributed by atoms with Gasteiger partial charge in [0, 0.05) is 11.6 Å². The zero-order valence-electron chi connectivity index (χ0n) is 10.6. The lowest BCUT2D eigenvalue weighted by atomic mass is 10.2. The molecule has 0 saturated carbocycles. The first-order valence-corrected chi connectivity index (χ1v) is 6.45. The summed E-state index contributed by atoms with van der Waals surface area (Å²) in [6, 6.07) is 5.28. The molecule has 0 fully saturated rings. The fraction of sp³-hybridized carbons (Fsp3) is 0.417. The van der Waals surface area contributed by atoms with Gasteiger partial charge in [0.1, 0.15) is 12.4 Å². The second-order valence-electron chi connectivity index (χ2n) is 3.58. The van der Waals surface area contributed by atoms with Crippen LogP contribution in [0.1, 0.15) is 5.56 Å². The highest BCUT2D eigenvalue weighted by Crippen LogP contribution is 2.23. The second-order valence-corrected chi connectivity index (χ2v) is 4.50. The van der Waals surface area contributed by atoms with Gasteiger partial charge in [0.25, 0.3) is 0 Å². The predicted molar refractivity (Wildman–Crippen MR) is 74.8 cm³/mol. The summed E-state index contributed by atoms with van der Waals surface area (Å²) in [6.07, 6.45) is 0. The van der Waals surface area contributed by atoms with Crippen molar-refractivity contribution >= 4 is 21.8 Å². The Labute approximate surface area is 120 Å². The van der Waals surface area contributed by atoms with Crippen LogP contribution in [0.2, 0.25) is 0 Å². The van der Waals surface area contributed by atoms with Crippen molar-refractivity contribution in [3.8, 4) is 5.75 Å². The zero-order valence-corrected chi connectivity index (χ0v) is 12.2. The van der Waals surface area contributed by atoms with Crippen LogP contribution in [0.15, 0.2) is 27.8 Å². The Morgan fingerprint density at radius 2 is 2.05 bits per heavy atom. The van der Waals surface area contributed by atoms with E-state index in [-0.39, 0.29) is 5.84 Å². The maximum atomic E-state index is 8.73. The first kappa shape index (κ1) is 15.7. The monoisotopic (exact) mass is 332 g/mol. The number of nitrogens with two attached hydrogens (primary N) is 1. The molecule has 6 nitrogen and oxygen atoms in total. The summed E-state index contributed by atoms with van der Waals surface area (Å²) < 4.78 is 16.5. The van der Waals surface area contributed by atoms with Gasteiger partial charge in [-0.2, -0.15) is 0 Å². The minimum absolute atomic E-state index is 0.00315. The molecule has 106 valence electrons. The Morgan fingerprint density at radius 1 is 1.32 bits per heavy atom. The average Bonchev–Trinajstić information content (AvgIpc) is 2.43. The van der Waals surface area contributed by atoms with Crippen LogP contribution >= 0.6 is 15.9 Å². The molecule has 0 aliphatic rings. The summed E-state index contributed by atoms with van der Waals surface area (Å²) in [5, 5.41) is 11.7. The van der Waals surface area contributed by atoms with Gasteiger partial charge in [0.15, 0.2) is 5.84 Å². The molecule has 0 amide bonds. The summed E-state index contributed by atoms with van der Waals surface area (Å²) in [5.41, 5.74) is 6.11. The number of benzene rings is 1. The molecule has 0 unspecified atom stereocenters. The maximum absolute atomic E-state index is 8.73. The summed E-state index contributed by atoms with van der Waals surface area (Å²) in [6.45, 7) is 1.88. The quantitative estimate of drug-likeness (QED) is 0.248. The first-order valence-electron chi connectivity index (χ1n) is 5.66. The van der Waals surface area contributed by atoms with Crippen LogP contribution in [0.25, 0.3) is 0 Å². The molecule has 1 aromatic rings. The molecular weight excluding hydrogens is 316 g/mol. The number of rotatable bonds is 8. The van der Waals surface area contributed by atoms with Crippen molar-refractivity contribution in [1.29, 1.82) is 0 Å². The van der Waals surface area contributed by atoms with Crippen molar-refractivity contribution in [2.24, 2.45) is 10.9 Å². The van der Waals surface area contributed by atoms with E-state index in [4.69, 9.17) is 25.2 Å². The highest BCUT2D eigenvalue weighted by molar-refractivity contribution is 9.10. The van der Waals surface area contributed by atoms with E-state index in [9.17, 15) is 0 Å². The Kier molecular flexibility index (Phi) is 7.24. The number of ether oxygens (including phenoxy) is 3. The van der Waals surface area contributed by atoms with Crippen LogP contribution in [0.5, 0.6) is 5.75 Å². The SMILES string of the molecule is COCCOCCOc1ccc(Br)cc1/C(N)=N/O. The number of oxime groups is 1. The molecule has 0 heterocycles. The summed E-state index contributed by atoms with van der Waals surface area (Å²) in [5.74, 6) is 0.533. The number of amidine groups is 1. The van der Waals surface area contributed by atoms with Gasteiger partial charge in [-0.3, -0.25) is 0 Å². The molecular formula is C12H17BrN2O4. The lowest BCUT2D eigenvalue weighted by molar-refractivity contribution is 0.0544. The third kappa shape index (κ3) is 5.46. The number of methoxy groups -OCH3 is 1. The van der Waals surface area contributed by atoms with Crippen molar-refractivity contribution in [2.45, 2.75) is 0 Å². The smallest absolute Gasteiger partial charge is 0.173 e. The molecule has 0 aliphatic heterocycles. The third-order valence-electron chi connectivity index (χ3n) is 2.24. The molecule has 1 aromatic carbocycles. The van der Waals surface area contributed by atoms with Gasteiger partial charge in [0.2, 0.25) is 0 Å². The van der Waals surface area contributed by atoms with Gasteiger partial charge < -0.3 is 25.2 Å². The van der Waals surface area contributed by atoms with Crippen LogP contribution < -0.4 is 10.5 Å². The number of hydrogen-bond donors (Lipinski definition) is 2. The third-order valence-corrected chi connectivity index (χ3v) is 2.74. The van der Waals surface area contributed by atoms with Gasteiger partial charge in [-0.05, 0) is 18.2 Å². The zero-order chi connectivity index (χ0) is 14.1. The summed E-state index contributed by atoms with van der Waals surface area (Å²) in [4.78, 5) is 0. The Balaban J connectivity index is 2.53. The van der Waals surface area contributed by atoms with E-state index in [1.54, 1.807) is 19.2 Å². The van der Waals surface area contributed by atoms with Gasteiger partial charge in [0.05, 0.1) is 25.4 Å². The molecule has 1 rings (SSSR count). The lowest BCUT2D eigenvalue weighted by Gasteiger charge is -2.11. The molecule has 7 heteroatoms. The second kappa shape index (κ2) is 8.73. The van der Waals surface area contributed by atoms with Gasteiger partial charge in [-0.15, -0.1) is 0 Å². The molecule has 0 spiro atoms. The normalized spacial score (nSPS) is 11.6. The van der Waals surface area contributed by atoms with E-state index < -0.39 is 0 Å². The number of nitrogens with zero attached hydrogens (tertiary/aromatic N) is 1. The highest BCUT2D eigenvalue weighted by atomic mass is 79.9. The topological polar surface area (TPSA) is 86.3 Å². The van der Waals surface area contributed by atoms with Crippen molar-refractivity contribution in [3.05, 3.63) is 28.2 Å². The molecule has 3 N–H and O–H groups in total.